The van der Waals surface area contributed by atoms with Crippen LogP contribution in [0.1, 0.15) is 12.0 Å². The van der Waals surface area contributed by atoms with Crippen molar-refractivity contribution in [1.29, 1.82) is 0 Å². The van der Waals surface area contributed by atoms with Crippen LogP contribution in [0.5, 0.6) is 0 Å². The number of carbonyl (C=O) groups excluding carboxylic acids is 1. The van der Waals surface area contributed by atoms with Crippen molar-refractivity contribution in [3.05, 3.63) is 84.1 Å². The van der Waals surface area contributed by atoms with Crippen molar-refractivity contribution in [2.45, 2.75) is 12.8 Å². The predicted molar refractivity (Wildman–Crippen MR) is 120 cm³/mol. The van der Waals surface area contributed by atoms with Gasteiger partial charge in [0, 0.05) is 29.2 Å². The zero-order chi connectivity index (χ0) is 22.8. The number of benzene rings is 2. The molecule has 0 atom stereocenters. The van der Waals surface area contributed by atoms with Crippen LogP contribution in [0.4, 0.5) is 14.7 Å². The van der Waals surface area contributed by atoms with Gasteiger partial charge in [0.05, 0.1) is 0 Å². The van der Waals surface area contributed by atoms with Gasteiger partial charge in [0.15, 0.2) is 5.82 Å². The van der Waals surface area contributed by atoms with E-state index in [0.717, 1.165) is 22.3 Å². The smallest absolute Gasteiger partial charge is 0.249 e. The highest BCUT2D eigenvalue weighted by Crippen LogP contribution is 2.32. The van der Waals surface area contributed by atoms with Gasteiger partial charge in [0.2, 0.25) is 11.9 Å². The highest BCUT2D eigenvalue weighted by Gasteiger charge is 2.16. The third kappa shape index (κ3) is 4.33. The first-order valence-electron chi connectivity index (χ1n) is 10.3. The monoisotopic (exact) mass is 444 g/mol. The molecular weight excluding hydrogens is 426 g/mol. The van der Waals surface area contributed by atoms with Crippen LogP contribution in [-0.4, -0.2) is 31.1 Å². The summed E-state index contributed by atoms with van der Waals surface area (Å²) in [6, 6.07) is 15.9. The van der Waals surface area contributed by atoms with E-state index in [-0.39, 0.29) is 29.9 Å². The van der Waals surface area contributed by atoms with E-state index in [1.54, 1.807) is 36.5 Å². The lowest BCUT2D eigenvalue weighted by molar-refractivity contribution is -0.116. The minimum absolute atomic E-state index is 0.116. The van der Waals surface area contributed by atoms with Crippen LogP contribution >= 0.6 is 0 Å². The zero-order valence-corrected chi connectivity index (χ0v) is 17.3. The minimum Gasteiger partial charge on any atom is -0.354 e. The number of aromatic amines is 2. The van der Waals surface area contributed by atoms with Gasteiger partial charge in [-0.25, -0.2) is 8.78 Å². The fourth-order valence-corrected chi connectivity index (χ4v) is 3.70. The number of amides is 1. The summed E-state index contributed by atoms with van der Waals surface area (Å²) in [6.07, 6.45) is 2.09. The number of rotatable bonds is 6. The molecule has 3 aromatic heterocycles. The highest BCUT2D eigenvalue weighted by molar-refractivity contribution is 5.93. The van der Waals surface area contributed by atoms with Crippen molar-refractivity contribution in [3.63, 3.8) is 0 Å². The third-order valence-corrected chi connectivity index (χ3v) is 5.25. The molecule has 0 saturated carbocycles. The molecule has 164 valence electrons. The molecule has 0 spiro atoms. The SMILES string of the molecule is O=C(CCc1c(-c2ccc(F)cc2)[nH]c2ccc(F)cc12)Nc1n[nH]c(-c2ccccn2)n1. The summed E-state index contributed by atoms with van der Waals surface area (Å²) < 4.78 is 27.3. The first kappa shape index (κ1) is 20.5. The highest BCUT2D eigenvalue weighted by atomic mass is 19.1. The molecule has 9 heteroatoms. The van der Waals surface area contributed by atoms with Gasteiger partial charge in [0.25, 0.3) is 0 Å². The van der Waals surface area contributed by atoms with Gasteiger partial charge in [-0.05, 0) is 72.1 Å². The average Bonchev–Trinajstić information content (AvgIpc) is 3.43. The van der Waals surface area contributed by atoms with E-state index in [1.165, 1.54) is 24.3 Å². The second-order valence-electron chi connectivity index (χ2n) is 7.45. The summed E-state index contributed by atoms with van der Waals surface area (Å²) in [5, 5.41) is 10.1. The third-order valence-electron chi connectivity index (χ3n) is 5.25. The van der Waals surface area contributed by atoms with Gasteiger partial charge in [-0.2, -0.15) is 4.98 Å². The zero-order valence-electron chi connectivity index (χ0n) is 17.3. The number of halogens is 2. The molecular formula is C24H18F2N6O. The number of pyridine rings is 1. The normalized spacial score (nSPS) is 11.1. The molecule has 2 aromatic carbocycles. The summed E-state index contributed by atoms with van der Waals surface area (Å²) >= 11 is 0. The number of nitrogens with zero attached hydrogens (tertiary/aromatic N) is 3. The van der Waals surface area contributed by atoms with Gasteiger partial charge < -0.3 is 4.98 Å². The van der Waals surface area contributed by atoms with E-state index < -0.39 is 0 Å². The Kier molecular flexibility index (Phi) is 5.35. The number of carbonyl (C=O) groups is 1. The molecule has 0 bridgehead atoms. The minimum atomic E-state index is -0.374. The second kappa shape index (κ2) is 8.62. The molecule has 3 heterocycles. The number of H-pyrrole nitrogens is 2. The topological polar surface area (TPSA) is 99.3 Å². The molecule has 0 aliphatic rings. The van der Waals surface area contributed by atoms with Crippen LogP contribution in [0.25, 0.3) is 33.7 Å². The average molecular weight is 444 g/mol. The van der Waals surface area contributed by atoms with E-state index >= 15 is 0 Å². The fourth-order valence-electron chi connectivity index (χ4n) is 3.70. The molecule has 0 aliphatic heterocycles. The molecule has 33 heavy (non-hydrogen) atoms. The first-order valence-corrected chi connectivity index (χ1v) is 10.3. The van der Waals surface area contributed by atoms with E-state index in [0.29, 0.717) is 23.3 Å². The summed E-state index contributed by atoms with van der Waals surface area (Å²) in [5.74, 6) is -0.433. The Morgan fingerprint density at radius 1 is 1.00 bits per heavy atom. The van der Waals surface area contributed by atoms with Gasteiger partial charge in [-0.15, -0.1) is 5.10 Å². The van der Waals surface area contributed by atoms with Gasteiger partial charge >= 0.3 is 0 Å². The Hall–Kier alpha value is -4.40. The molecule has 0 fully saturated rings. The number of aryl methyl sites for hydroxylation is 1. The number of hydrogen-bond acceptors (Lipinski definition) is 4. The second-order valence-corrected chi connectivity index (χ2v) is 7.45. The standard InChI is InChI=1S/C24H18F2N6O/c25-15-6-4-14(5-7-15)22-17(18-13-16(26)8-10-19(18)28-22)9-11-21(33)29-24-30-23(31-32-24)20-3-1-2-12-27-20/h1-8,10,12-13,28H,9,11H2,(H2,29,30,31,32,33). The molecule has 5 rings (SSSR count). The lowest BCUT2D eigenvalue weighted by Crippen LogP contribution is -2.13. The predicted octanol–water partition coefficient (Wildman–Crippen LogP) is 4.86. The van der Waals surface area contributed by atoms with E-state index in [2.05, 4.69) is 30.5 Å². The summed E-state index contributed by atoms with van der Waals surface area (Å²) in [7, 11) is 0. The summed E-state index contributed by atoms with van der Waals surface area (Å²) in [5.41, 5.74) is 3.59. The van der Waals surface area contributed by atoms with E-state index in [9.17, 15) is 13.6 Å². The van der Waals surface area contributed by atoms with Crippen molar-refractivity contribution >= 4 is 22.8 Å². The Labute approximate surface area is 186 Å². The lowest BCUT2D eigenvalue weighted by Gasteiger charge is -2.06. The van der Waals surface area contributed by atoms with Crippen molar-refractivity contribution in [1.82, 2.24) is 25.1 Å². The Morgan fingerprint density at radius 3 is 2.61 bits per heavy atom. The maximum absolute atomic E-state index is 13.9. The van der Waals surface area contributed by atoms with Crippen LogP contribution in [0.3, 0.4) is 0 Å². The van der Waals surface area contributed by atoms with Crippen molar-refractivity contribution < 1.29 is 13.6 Å². The Morgan fingerprint density at radius 2 is 1.82 bits per heavy atom. The van der Waals surface area contributed by atoms with Crippen molar-refractivity contribution in [2.24, 2.45) is 0 Å². The van der Waals surface area contributed by atoms with Crippen LogP contribution in [0.2, 0.25) is 0 Å². The van der Waals surface area contributed by atoms with Crippen molar-refractivity contribution in [3.8, 4) is 22.8 Å². The molecule has 5 aromatic rings. The van der Waals surface area contributed by atoms with Gasteiger partial charge in [0.1, 0.15) is 17.3 Å². The van der Waals surface area contributed by atoms with Crippen LogP contribution in [0.15, 0.2) is 66.9 Å². The lowest BCUT2D eigenvalue weighted by atomic mass is 10.0. The Bertz CT molecular complexity index is 1430. The molecule has 1 amide bonds. The molecule has 0 unspecified atom stereocenters. The molecule has 0 aliphatic carbocycles. The van der Waals surface area contributed by atoms with E-state index in [4.69, 9.17) is 0 Å². The number of anilines is 1. The number of aromatic nitrogens is 5. The van der Waals surface area contributed by atoms with Gasteiger partial charge in [-0.3, -0.25) is 20.2 Å². The largest absolute Gasteiger partial charge is 0.354 e. The number of hydrogen-bond donors (Lipinski definition) is 3. The maximum atomic E-state index is 13.9. The first-order chi connectivity index (χ1) is 16.1. The molecule has 0 saturated heterocycles. The summed E-state index contributed by atoms with van der Waals surface area (Å²) in [6.45, 7) is 0. The van der Waals surface area contributed by atoms with Crippen LogP contribution < -0.4 is 5.32 Å². The summed E-state index contributed by atoms with van der Waals surface area (Å²) in [4.78, 5) is 24.3. The molecule has 3 N–H and O–H groups in total. The Balaban J connectivity index is 1.36. The van der Waals surface area contributed by atoms with Crippen molar-refractivity contribution in [2.75, 3.05) is 5.32 Å². The van der Waals surface area contributed by atoms with Crippen LogP contribution in [0, 0.1) is 11.6 Å². The molecule has 7 nitrogen and oxygen atoms in total. The maximum Gasteiger partial charge on any atom is 0.249 e. The molecule has 0 radical (unpaired) electrons. The van der Waals surface area contributed by atoms with E-state index in [1.807, 2.05) is 6.07 Å². The quantitative estimate of drug-likeness (QED) is 0.348. The number of fused-ring (bicyclic) bond motifs is 1. The van der Waals surface area contributed by atoms with Gasteiger partial charge in [-0.1, -0.05) is 6.07 Å². The van der Waals surface area contributed by atoms with Crippen LogP contribution in [-0.2, 0) is 11.2 Å². The number of nitrogens with one attached hydrogen (secondary N) is 3. The fraction of sp³-hybridized carbons (Fsp3) is 0.0833.